The predicted molar refractivity (Wildman–Crippen MR) is 70.2 cm³/mol. The summed E-state index contributed by atoms with van der Waals surface area (Å²) in [5, 5.41) is 14.7. The summed E-state index contributed by atoms with van der Waals surface area (Å²) in [5.74, 6) is -1.47. The number of aromatic carboxylic acids is 1. The molecule has 3 N–H and O–H groups in total. The molecule has 0 aliphatic carbocycles. The average molecular weight is 271 g/mol. The van der Waals surface area contributed by atoms with Crippen LogP contribution in [0.1, 0.15) is 24.2 Å². The maximum Gasteiger partial charge on any atom is 0.337 e. The summed E-state index contributed by atoms with van der Waals surface area (Å²) in [4.78, 5) is 23.0. The minimum Gasteiger partial charge on any atom is -0.478 e. The molecule has 0 heterocycles. The number of halogens is 1. The van der Waals surface area contributed by atoms with Crippen LogP contribution in [0, 0.1) is 0 Å². The third-order valence-electron chi connectivity index (χ3n) is 2.65. The van der Waals surface area contributed by atoms with E-state index < -0.39 is 11.5 Å². The lowest BCUT2D eigenvalue weighted by atomic mass is 10.0. The van der Waals surface area contributed by atoms with Gasteiger partial charge < -0.3 is 15.7 Å². The zero-order valence-corrected chi connectivity index (χ0v) is 11.1. The Kier molecular flexibility index (Phi) is 4.32. The number of anilines is 1. The van der Waals surface area contributed by atoms with Gasteiger partial charge >= 0.3 is 5.97 Å². The number of nitrogens with one attached hydrogen (secondary N) is 2. The molecule has 5 nitrogen and oxygen atoms in total. The van der Waals surface area contributed by atoms with Crippen molar-refractivity contribution in [3.8, 4) is 0 Å². The average Bonchev–Trinajstić information content (AvgIpc) is 2.31. The fourth-order valence-electron chi connectivity index (χ4n) is 1.19. The third kappa shape index (κ3) is 3.21. The molecule has 0 aromatic heterocycles. The van der Waals surface area contributed by atoms with Gasteiger partial charge in [0.25, 0.3) is 0 Å². The Morgan fingerprint density at radius 2 is 1.94 bits per heavy atom. The number of benzene rings is 1. The molecule has 1 amide bonds. The van der Waals surface area contributed by atoms with Crippen molar-refractivity contribution in [2.24, 2.45) is 0 Å². The zero-order chi connectivity index (χ0) is 13.9. The standard InChI is InChI=1S/C12H15ClN2O3/c1-12(2,14-3)11(18)15-9-5-4-7(13)6-8(9)10(16)17/h4-6,14H,1-3H3,(H,15,18)(H,16,17). The van der Waals surface area contributed by atoms with Gasteiger partial charge in [0.1, 0.15) is 0 Å². The second-order valence-electron chi connectivity index (χ2n) is 4.32. The first-order valence-electron chi connectivity index (χ1n) is 5.31. The van der Waals surface area contributed by atoms with Crippen LogP contribution in [0.25, 0.3) is 0 Å². The van der Waals surface area contributed by atoms with Crippen molar-refractivity contribution in [2.75, 3.05) is 12.4 Å². The molecule has 0 saturated heterocycles. The molecule has 1 aromatic rings. The van der Waals surface area contributed by atoms with Crippen LogP contribution in [0.2, 0.25) is 5.02 Å². The Bertz CT molecular complexity index is 486. The minimum absolute atomic E-state index is 0.0391. The van der Waals surface area contributed by atoms with Crippen molar-refractivity contribution in [3.05, 3.63) is 28.8 Å². The molecule has 1 aromatic carbocycles. The molecule has 0 aliphatic heterocycles. The highest BCUT2D eigenvalue weighted by Gasteiger charge is 2.26. The molecule has 0 unspecified atom stereocenters. The van der Waals surface area contributed by atoms with Crippen LogP contribution < -0.4 is 10.6 Å². The number of rotatable bonds is 4. The zero-order valence-electron chi connectivity index (χ0n) is 10.4. The maximum atomic E-state index is 11.9. The third-order valence-corrected chi connectivity index (χ3v) is 2.89. The fraction of sp³-hybridized carbons (Fsp3) is 0.333. The van der Waals surface area contributed by atoms with E-state index in [0.717, 1.165) is 0 Å². The second kappa shape index (κ2) is 5.37. The van der Waals surface area contributed by atoms with Crippen LogP contribution in [-0.2, 0) is 4.79 Å². The van der Waals surface area contributed by atoms with Crippen LogP contribution in [0.3, 0.4) is 0 Å². The van der Waals surface area contributed by atoms with Gasteiger partial charge in [0.05, 0.1) is 16.8 Å². The second-order valence-corrected chi connectivity index (χ2v) is 4.76. The van der Waals surface area contributed by atoms with Crippen molar-refractivity contribution in [2.45, 2.75) is 19.4 Å². The van der Waals surface area contributed by atoms with Gasteiger partial charge in [-0.25, -0.2) is 4.79 Å². The van der Waals surface area contributed by atoms with E-state index in [0.29, 0.717) is 5.02 Å². The Labute approximate surface area is 110 Å². The quantitative estimate of drug-likeness (QED) is 0.782. The number of amides is 1. The normalized spacial score (nSPS) is 11.1. The highest BCUT2D eigenvalue weighted by Crippen LogP contribution is 2.21. The molecule has 1 rings (SSSR count). The summed E-state index contributed by atoms with van der Waals surface area (Å²) in [5.41, 5.74) is -0.613. The number of likely N-dealkylation sites (N-methyl/N-ethyl adjacent to an activating group) is 1. The molecule has 0 bridgehead atoms. The fourth-order valence-corrected chi connectivity index (χ4v) is 1.37. The topological polar surface area (TPSA) is 78.4 Å². The first-order valence-corrected chi connectivity index (χ1v) is 5.69. The van der Waals surface area contributed by atoms with Crippen molar-refractivity contribution >= 4 is 29.2 Å². The monoisotopic (exact) mass is 270 g/mol. The Hall–Kier alpha value is -1.59. The van der Waals surface area contributed by atoms with Gasteiger partial charge in [0, 0.05) is 5.02 Å². The van der Waals surface area contributed by atoms with Crippen LogP contribution in [0.5, 0.6) is 0 Å². The van der Waals surface area contributed by atoms with Gasteiger partial charge in [-0.05, 0) is 39.1 Å². The predicted octanol–water partition coefficient (Wildman–Crippen LogP) is 1.97. The molecular weight excluding hydrogens is 256 g/mol. The largest absolute Gasteiger partial charge is 0.478 e. The molecule has 0 saturated carbocycles. The summed E-state index contributed by atoms with van der Waals surface area (Å²) in [6.45, 7) is 3.39. The van der Waals surface area contributed by atoms with Gasteiger partial charge in [-0.1, -0.05) is 11.6 Å². The number of carboxylic acid groups (broad SMARTS) is 1. The number of hydrogen-bond donors (Lipinski definition) is 3. The molecule has 0 radical (unpaired) electrons. The molecule has 0 fully saturated rings. The molecule has 18 heavy (non-hydrogen) atoms. The van der Waals surface area contributed by atoms with Crippen molar-refractivity contribution in [3.63, 3.8) is 0 Å². The number of carboxylic acids is 1. The van der Waals surface area contributed by atoms with E-state index in [9.17, 15) is 9.59 Å². The lowest BCUT2D eigenvalue weighted by Crippen LogP contribution is -2.48. The van der Waals surface area contributed by atoms with Crippen LogP contribution in [0.15, 0.2) is 18.2 Å². The highest BCUT2D eigenvalue weighted by molar-refractivity contribution is 6.31. The van der Waals surface area contributed by atoms with Crippen molar-refractivity contribution in [1.82, 2.24) is 5.32 Å². The summed E-state index contributed by atoms with van der Waals surface area (Å²) in [7, 11) is 1.65. The van der Waals surface area contributed by atoms with E-state index >= 15 is 0 Å². The van der Waals surface area contributed by atoms with E-state index in [4.69, 9.17) is 16.7 Å². The summed E-state index contributed by atoms with van der Waals surface area (Å²) < 4.78 is 0. The Morgan fingerprint density at radius 3 is 2.44 bits per heavy atom. The van der Waals surface area contributed by atoms with Crippen molar-refractivity contribution in [1.29, 1.82) is 0 Å². The Morgan fingerprint density at radius 1 is 1.33 bits per heavy atom. The van der Waals surface area contributed by atoms with E-state index in [2.05, 4.69) is 10.6 Å². The number of hydrogen-bond acceptors (Lipinski definition) is 3. The van der Waals surface area contributed by atoms with Crippen LogP contribution >= 0.6 is 11.6 Å². The lowest BCUT2D eigenvalue weighted by molar-refractivity contribution is -0.121. The molecule has 0 atom stereocenters. The van der Waals surface area contributed by atoms with Gasteiger partial charge in [0.15, 0.2) is 0 Å². The lowest BCUT2D eigenvalue weighted by Gasteiger charge is -2.23. The number of carbonyl (C=O) groups is 2. The smallest absolute Gasteiger partial charge is 0.337 e. The van der Waals surface area contributed by atoms with E-state index in [1.807, 2.05) is 0 Å². The minimum atomic E-state index is -1.14. The molecule has 0 aliphatic rings. The maximum absolute atomic E-state index is 11.9. The summed E-state index contributed by atoms with van der Waals surface area (Å²) in [6.07, 6.45) is 0. The molecular formula is C12H15ClN2O3. The van der Waals surface area contributed by atoms with Gasteiger partial charge in [-0.3, -0.25) is 4.79 Å². The van der Waals surface area contributed by atoms with Crippen LogP contribution in [-0.4, -0.2) is 29.6 Å². The van der Waals surface area contributed by atoms with Gasteiger partial charge in [-0.15, -0.1) is 0 Å². The van der Waals surface area contributed by atoms with Gasteiger partial charge in [0.2, 0.25) is 5.91 Å². The Balaban J connectivity index is 3.05. The molecule has 98 valence electrons. The van der Waals surface area contributed by atoms with E-state index in [1.54, 1.807) is 20.9 Å². The SMILES string of the molecule is CNC(C)(C)C(=O)Nc1ccc(Cl)cc1C(=O)O. The van der Waals surface area contributed by atoms with E-state index in [-0.39, 0.29) is 17.2 Å². The van der Waals surface area contributed by atoms with E-state index in [1.165, 1.54) is 18.2 Å². The summed E-state index contributed by atoms with van der Waals surface area (Å²) >= 11 is 5.73. The van der Waals surface area contributed by atoms with Crippen molar-refractivity contribution < 1.29 is 14.7 Å². The number of carbonyl (C=O) groups excluding carboxylic acids is 1. The molecule has 0 spiro atoms. The molecule has 6 heteroatoms. The summed E-state index contributed by atoms with van der Waals surface area (Å²) in [6, 6.07) is 4.29. The first-order chi connectivity index (χ1) is 8.27. The highest BCUT2D eigenvalue weighted by atomic mass is 35.5. The van der Waals surface area contributed by atoms with Crippen LogP contribution in [0.4, 0.5) is 5.69 Å². The first kappa shape index (κ1) is 14.5. The van der Waals surface area contributed by atoms with Gasteiger partial charge in [-0.2, -0.15) is 0 Å².